The van der Waals surface area contributed by atoms with E-state index < -0.39 is 0 Å². The van der Waals surface area contributed by atoms with E-state index in [0.29, 0.717) is 6.04 Å². The summed E-state index contributed by atoms with van der Waals surface area (Å²) in [5.74, 6) is 1.51. The molecule has 0 aliphatic carbocycles. The molecule has 0 atom stereocenters. The Bertz CT molecular complexity index is 377. The summed E-state index contributed by atoms with van der Waals surface area (Å²) in [6, 6.07) is 0.622. The summed E-state index contributed by atoms with van der Waals surface area (Å²) in [7, 11) is 2.14. The van der Waals surface area contributed by atoms with Crippen LogP contribution in [0, 0.1) is 0 Å². The van der Waals surface area contributed by atoms with E-state index in [4.69, 9.17) is 4.52 Å². The predicted octanol–water partition coefficient (Wildman–Crippen LogP) is 1.55. The maximum atomic E-state index is 5.33. The van der Waals surface area contributed by atoms with Crippen molar-refractivity contribution in [2.24, 2.45) is 0 Å². The fourth-order valence-corrected chi connectivity index (χ4v) is 2.21. The first-order valence-electron chi connectivity index (χ1n) is 6.71. The maximum Gasteiger partial charge on any atom is 0.240 e. The minimum absolute atomic E-state index is 0.0465. The molecule has 102 valence electrons. The number of hydrogen-bond acceptors (Lipinski definition) is 5. The quantitative estimate of drug-likeness (QED) is 0.884. The van der Waals surface area contributed by atoms with Crippen LogP contribution in [0.1, 0.15) is 45.3 Å². The molecule has 1 N–H and O–H groups in total. The van der Waals surface area contributed by atoms with Gasteiger partial charge in [0.15, 0.2) is 5.82 Å². The van der Waals surface area contributed by atoms with E-state index in [0.717, 1.165) is 31.3 Å². The van der Waals surface area contributed by atoms with Crippen LogP contribution in [0.5, 0.6) is 0 Å². The van der Waals surface area contributed by atoms with Gasteiger partial charge in [-0.05, 0) is 33.0 Å². The lowest BCUT2D eigenvalue weighted by molar-refractivity contribution is 0.170. The molecule has 0 amide bonds. The molecule has 2 heterocycles. The Morgan fingerprint density at radius 2 is 2.00 bits per heavy atom. The summed E-state index contributed by atoms with van der Waals surface area (Å²) in [5, 5.41) is 7.44. The smallest absolute Gasteiger partial charge is 0.240 e. The van der Waals surface area contributed by atoms with Crippen LogP contribution in [0.2, 0.25) is 0 Å². The van der Waals surface area contributed by atoms with Crippen molar-refractivity contribution in [3.05, 3.63) is 11.7 Å². The van der Waals surface area contributed by atoms with Gasteiger partial charge in [-0.2, -0.15) is 4.98 Å². The molecule has 0 bridgehead atoms. The van der Waals surface area contributed by atoms with Gasteiger partial charge in [-0.25, -0.2) is 0 Å². The van der Waals surface area contributed by atoms with E-state index in [1.807, 2.05) is 0 Å². The van der Waals surface area contributed by atoms with Crippen LogP contribution in [0.25, 0.3) is 0 Å². The Labute approximate surface area is 109 Å². The van der Waals surface area contributed by atoms with Crippen molar-refractivity contribution >= 4 is 0 Å². The minimum Gasteiger partial charge on any atom is -0.338 e. The van der Waals surface area contributed by atoms with Crippen molar-refractivity contribution in [3.63, 3.8) is 0 Å². The molecule has 0 unspecified atom stereocenters. The molecule has 5 nitrogen and oxygen atoms in total. The monoisotopic (exact) mass is 252 g/mol. The number of nitrogens with one attached hydrogen (secondary N) is 1. The second-order valence-electron chi connectivity index (χ2n) is 6.16. The van der Waals surface area contributed by atoms with Crippen LogP contribution in [0.3, 0.4) is 0 Å². The molecule has 0 saturated carbocycles. The minimum atomic E-state index is -0.0465. The third-order valence-corrected chi connectivity index (χ3v) is 3.46. The summed E-state index contributed by atoms with van der Waals surface area (Å²) in [6.07, 6.45) is 2.38. The lowest BCUT2D eigenvalue weighted by Crippen LogP contribution is -2.40. The molecule has 1 aliphatic heterocycles. The van der Waals surface area contributed by atoms with Crippen LogP contribution in [0.4, 0.5) is 0 Å². The van der Waals surface area contributed by atoms with Gasteiger partial charge in [-0.3, -0.25) is 4.90 Å². The molecule has 18 heavy (non-hydrogen) atoms. The Kier molecular flexibility index (Phi) is 4.02. The molecule has 5 heteroatoms. The summed E-state index contributed by atoms with van der Waals surface area (Å²) < 4.78 is 5.33. The first-order valence-corrected chi connectivity index (χ1v) is 6.71. The van der Waals surface area contributed by atoms with Crippen LogP contribution in [-0.2, 0) is 12.0 Å². The highest BCUT2D eigenvalue weighted by Gasteiger charge is 2.23. The Morgan fingerprint density at radius 3 is 2.56 bits per heavy atom. The van der Waals surface area contributed by atoms with E-state index in [1.54, 1.807) is 0 Å². The van der Waals surface area contributed by atoms with Gasteiger partial charge in [0, 0.05) is 11.5 Å². The van der Waals surface area contributed by atoms with Crippen LogP contribution >= 0.6 is 0 Å². The van der Waals surface area contributed by atoms with Crippen molar-refractivity contribution in [2.75, 3.05) is 20.1 Å². The third kappa shape index (κ3) is 3.29. The number of nitrogens with zero attached hydrogens (tertiary/aromatic N) is 3. The zero-order chi connectivity index (χ0) is 13.2. The number of piperidine rings is 1. The molecule has 1 saturated heterocycles. The third-order valence-electron chi connectivity index (χ3n) is 3.46. The van der Waals surface area contributed by atoms with E-state index in [1.165, 1.54) is 12.8 Å². The van der Waals surface area contributed by atoms with Gasteiger partial charge in [0.1, 0.15) is 0 Å². The molecule has 0 aromatic carbocycles. The zero-order valence-electron chi connectivity index (χ0n) is 11.9. The summed E-state index contributed by atoms with van der Waals surface area (Å²) >= 11 is 0. The van der Waals surface area contributed by atoms with Gasteiger partial charge in [0.2, 0.25) is 5.89 Å². The molecular formula is C13H24N4O. The summed E-state index contributed by atoms with van der Waals surface area (Å²) in [6.45, 7) is 9.24. The molecule has 2 rings (SSSR count). The number of aromatic nitrogens is 2. The van der Waals surface area contributed by atoms with Crippen LogP contribution in [0.15, 0.2) is 4.52 Å². The zero-order valence-corrected chi connectivity index (χ0v) is 11.9. The fraction of sp³-hybridized carbons (Fsp3) is 0.846. The van der Waals surface area contributed by atoms with Crippen molar-refractivity contribution in [1.29, 1.82) is 0 Å². The average Bonchev–Trinajstić information content (AvgIpc) is 2.78. The standard InChI is InChI=1S/C13H24N4O/c1-13(2,3)12-15-11(18-16-12)9-17(4)10-5-7-14-8-6-10/h10,14H,5-9H2,1-4H3. The fourth-order valence-electron chi connectivity index (χ4n) is 2.21. The molecule has 1 aromatic heterocycles. The second kappa shape index (κ2) is 5.36. The predicted molar refractivity (Wildman–Crippen MR) is 70.4 cm³/mol. The Hall–Kier alpha value is -0.940. The van der Waals surface area contributed by atoms with Gasteiger partial charge < -0.3 is 9.84 Å². The second-order valence-corrected chi connectivity index (χ2v) is 6.16. The SMILES string of the molecule is CN(Cc1nc(C(C)(C)C)no1)C1CCNCC1. The van der Waals surface area contributed by atoms with Crippen molar-refractivity contribution in [1.82, 2.24) is 20.4 Å². The van der Waals surface area contributed by atoms with Crippen molar-refractivity contribution in [2.45, 2.75) is 51.6 Å². The van der Waals surface area contributed by atoms with Gasteiger partial charge in [0.25, 0.3) is 0 Å². The Morgan fingerprint density at radius 1 is 1.33 bits per heavy atom. The largest absolute Gasteiger partial charge is 0.338 e. The van der Waals surface area contributed by atoms with Crippen LogP contribution in [-0.4, -0.2) is 41.2 Å². The Balaban J connectivity index is 1.94. The van der Waals surface area contributed by atoms with Gasteiger partial charge >= 0.3 is 0 Å². The average molecular weight is 252 g/mol. The molecule has 0 spiro atoms. The van der Waals surface area contributed by atoms with Gasteiger partial charge in [0.05, 0.1) is 6.54 Å². The summed E-state index contributed by atoms with van der Waals surface area (Å²) in [4.78, 5) is 6.80. The highest BCUT2D eigenvalue weighted by atomic mass is 16.5. The molecular weight excluding hydrogens is 228 g/mol. The molecule has 1 aliphatic rings. The maximum absolute atomic E-state index is 5.33. The molecule has 1 fully saturated rings. The number of hydrogen-bond donors (Lipinski definition) is 1. The summed E-state index contributed by atoms with van der Waals surface area (Å²) in [5.41, 5.74) is -0.0465. The first-order chi connectivity index (χ1) is 8.47. The van der Waals surface area contributed by atoms with Crippen LogP contribution < -0.4 is 5.32 Å². The first kappa shape index (κ1) is 13.5. The van der Waals surface area contributed by atoms with Gasteiger partial charge in [-0.1, -0.05) is 25.9 Å². The normalized spacial score (nSPS) is 18.5. The molecule has 1 aromatic rings. The lowest BCUT2D eigenvalue weighted by Gasteiger charge is -2.30. The topological polar surface area (TPSA) is 54.2 Å². The molecule has 0 radical (unpaired) electrons. The van der Waals surface area contributed by atoms with E-state index in [-0.39, 0.29) is 5.41 Å². The van der Waals surface area contributed by atoms with Gasteiger partial charge in [-0.15, -0.1) is 0 Å². The number of rotatable bonds is 3. The lowest BCUT2D eigenvalue weighted by atomic mass is 9.96. The highest BCUT2D eigenvalue weighted by Crippen LogP contribution is 2.19. The van der Waals surface area contributed by atoms with E-state index in [9.17, 15) is 0 Å². The van der Waals surface area contributed by atoms with Crippen molar-refractivity contribution < 1.29 is 4.52 Å². The highest BCUT2D eigenvalue weighted by molar-refractivity contribution is 5.00. The van der Waals surface area contributed by atoms with E-state index in [2.05, 4.69) is 48.2 Å². The van der Waals surface area contributed by atoms with E-state index >= 15 is 0 Å². The van der Waals surface area contributed by atoms with Crippen molar-refractivity contribution in [3.8, 4) is 0 Å².